The highest BCUT2D eigenvalue weighted by atomic mass is 32.1. The number of hydrogen-bond acceptors (Lipinski definition) is 7. The van der Waals surface area contributed by atoms with Crippen LogP contribution < -0.4 is 19.3 Å². The predicted octanol–water partition coefficient (Wildman–Crippen LogP) is 4.00. The molecule has 30 heavy (non-hydrogen) atoms. The van der Waals surface area contributed by atoms with Crippen molar-refractivity contribution in [2.45, 2.75) is 19.4 Å². The molecule has 2 heterocycles. The highest BCUT2D eigenvalue weighted by molar-refractivity contribution is 7.09. The standard InChI is InChI=1S/C22H25FN4O2S/c1-15-14-26(8-9-27(15)18-11-19(28-2)13-20(12-18)29-3)22-24-21(25-30-22)10-16-4-6-17(23)7-5-16/h4-7,11-13,15H,8-10,14H2,1-3H3. The molecule has 0 bridgehead atoms. The molecule has 158 valence electrons. The molecule has 6 nitrogen and oxygen atoms in total. The fraction of sp³-hybridized carbons (Fsp3) is 0.364. The number of ether oxygens (including phenoxy) is 2. The summed E-state index contributed by atoms with van der Waals surface area (Å²) in [6.07, 6.45) is 0.607. The zero-order valence-corrected chi connectivity index (χ0v) is 18.2. The van der Waals surface area contributed by atoms with E-state index in [9.17, 15) is 4.39 Å². The van der Waals surface area contributed by atoms with Crippen LogP contribution in [0.3, 0.4) is 0 Å². The zero-order valence-electron chi connectivity index (χ0n) is 17.3. The Morgan fingerprint density at radius 1 is 1.07 bits per heavy atom. The molecule has 4 rings (SSSR count). The largest absolute Gasteiger partial charge is 0.497 e. The molecule has 1 unspecified atom stereocenters. The Bertz CT molecular complexity index is 973. The summed E-state index contributed by atoms with van der Waals surface area (Å²) in [5.74, 6) is 2.11. The average molecular weight is 429 g/mol. The Hall–Kier alpha value is -2.87. The lowest BCUT2D eigenvalue weighted by Crippen LogP contribution is -2.52. The van der Waals surface area contributed by atoms with Gasteiger partial charge in [-0.25, -0.2) is 9.37 Å². The SMILES string of the molecule is COc1cc(OC)cc(N2CCN(c3nc(Cc4ccc(F)cc4)ns3)CC2C)c1. The lowest BCUT2D eigenvalue weighted by molar-refractivity contribution is 0.394. The molecule has 0 aliphatic carbocycles. The van der Waals surface area contributed by atoms with Crippen LogP contribution in [0, 0.1) is 5.82 Å². The molecule has 1 saturated heterocycles. The minimum Gasteiger partial charge on any atom is -0.497 e. The second-order valence-corrected chi connectivity index (χ2v) is 8.09. The van der Waals surface area contributed by atoms with Crippen LogP contribution in [-0.2, 0) is 6.42 Å². The van der Waals surface area contributed by atoms with E-state index in [1.54, 1.807) is 26.4 Å². The maximum Gasteiger partial charge on any atom is 0.205 e. The Kier molecular flexibility index (Phi) is 6.03. The third-order valence-electron chi connectivity index (χ3n) is 5.30. The topological polar surface area (TPSA) is 50.7 Å². The van der Waals surface area contributed by atoms with E-state index in [1.165, 1.54) is 23.7 Å². The van der Waals surface area contributed by atoms with Gasteiger partial charge in [-0.05, 0) is 24.6 Å². The summed E-state index contributed by atoms with van der Waals surface area (Å²) in [4.78, 5) is 9.36. The molecule has 3 aromatic rings. The minimum atomic E-state index is -0.230. The van der Waals surface area contributed by atoms with Gasteiger partial charge in [0.1, 0.15) is 23.1 Å². The summed E-state index contributed by atoms with van der Waals surface area (Å²) >= 11 is 1.42. The van der Waals surface area contributed by atoms with E-state index in [2.05, 4.69) is 21.1 Å². The second kappa shape index (κ2) is 8.87. The van der Waals surface area contributed by atoms with Crippen molar-refractivity contribution in [2.24, 2.45) is 0 Å². The molecule has 1 aliphatic heterocycles. The van der Waals surface area contributed by atoms with Crippen molar-refractivity contribution in [1.82, 2.24) is 9.36 Å². The van der Waals surface area contributed by atoms with E-state index >= 15 is 0 Å². The van der Waals surface area contributed by atoms with Gasteiger partial charge in [-0.1, -0.05) is 12.1 Å². The van der Waals surface area contributed by atoms with Crippen LogP contribution >= 0.6 is 11.5 Å². The maximum atomic E-state index is 13.1. The Morgan fingerprint density at radius 3 is 2.40 bits per heavy atom. The molecule has 2 aromatic carbocycles. The smallest absolute Gasteiger partial charge is 0.205 e. The summed E-state index contributed by atoms with van der Waals surface area (Å²) in [6, 6.07) is 12.8. The molecule has 0 spiro atoms. The summed E-state index contributed by atoms with van der Waals surface area (Å²) in [6.45, 7) is 4.78. The zero-order chi connectivity index (χ0) is 21.1. The third kappa shape index (κ3) is 4.48. The fourth-order valence-corrected chi connectivity index (χ4v) is 4.42. The van der Waals surface area contributed by atoms with Crippen LogP contribution in [-0.4, -0.2) is 49.3 Å². The summed E-state index contributed by atoms with van der Waals surface area (Å²) in [7, 11) is 3.33. The van der Waals surface area contributed by atoms with Crippen LogP contribution in [0.4, 0.5) is 15.2 Å². The highest BCUT2D eigenvalue weighted by Gasteiger charge is 2.26. The quantitative estimate of drug-likeness (QED) is 0.592. The molecule has 8 heteroatoms. The van der Waals surface area contributed by atoms with E-state index < -0.39 is 0 Å². The first-order chi connectivity index (χ1) is 14.6. The van der Waals surface area contributed by atoms with Crippen molar-refractivity contribution in [3.05, 3.63) is 59.7 Å². The number of hydrogen-bond donors (Lipinski definition) is 0. The number of piperazine rings is 1. The van der Waals surface area contributed by atoms with Crippen molar-refractivity contribution in [2.75, 3.05) is 43.7 Å². The summed E-state index contributed by atoms with van der Waals surface area (Å²) < 4.78 is 28.4. The normalized spacial score (nSPS) is 16.6. The molecule has 0 radical (unpaired) electrons. The van der Waals surface area contributed by atoms with E-state index in [1.807, 2.05) is 18.2 Å². The van der Waals surface area contributed by atoms with E-state index in [4.69, 9.17) is 14.5 Å². The maximum absolute atomic E-state index is 13.1. The first-order valence-corrected chi connectivity index (χ1v) is 10.6. The van der Waals surface area contributed by atoms with Gasteiger partial charge in [0, 0.05) is 67.5 Å². The number of nitrogens with zero attached hydrogens (tertiary/aromatic N) is 4. The van der Waals surface area contributed by atoms with Gasteiger partial charge < -0.3 is 19.3 Å². The first kappa shape index (κ1) is 20.4. The molecule has 0 N–H and O–H groups in total. The number of anilines is 2. The van der Waals surface area contributed by atoms with Gasteiger partial charge >= 0.3 is 0 Å². The number of methoxy groups -OCH3 is 2. The number of aromatic nitrogens is 2. The molecule has 1 fully saturated rings. The number of halogens is 1. The van der Waals surface area contributed by atoms with Crippen molar-refractivity contribution in [3.8, 4) is 11.5 Å². The van der Waals surface area contributed by atoms with Crippen LogP contribution in [0.15, 0.2) is 42.5 Å². The minimum absolute atomic E-state index is 0.230. The molecule has 0 saturated carbocycles. The molecule has 1 aliphatic rings. The molecule has 1 atom stereocenters. The number of rotatable bonds is 6. The summed E-state index contributed by atoms with van der Waals surface area (Å²) in [5, 5.41) is 0.932. The van der Waals surface area contributed by atoms with Crippen LogP contribution in [0.5, 0.6) is 11.5 Å². The van der Waals surface area contributed by atoms with Gasteiger partial charge in [0.2, 0.25) is 5.13 Å². The lowest BCUT2D eigenvalue weighted by atomic mass is 10.1. The Labute approximate surface area is 180 Å². The van der Waals surface area contributed by atoms with Gasteiger partial charge in [-0.15, -0.1) is 0 Å². The van der Waals surface area contributed by atoms with E-state index in [0.717, 1.165) is 53.3 Å². The van der Waals surface area contributed by atoms with Crippen LogP contribution in [0.25, 0.3) is 0 Å². The van der Waals surface area contributed by atoms with Crippen LogP contribution in [0.2, 0.25) is 0 Å². The van der Waals surface area contributed by atoms with Crippen molar-refractivity contribution in [3.63, 3.8) is 0 Å². The van der Waals surface area contributed by atoms with Gasteiger partial charge in [0.25, 0.3) is 0 Å². The predicted molar refractivity (Wildman–Crippen MR) is 118 cm³/mol. The van der Waals surface area contributed by atoms with E-state index in [-0.39, 0.29) is 5.82 Å². The first-order valence-electron chi connectivity index (χ1n) is 9.87. The van der Waals surface area contributed by atoms with Crippen molar-refractivity contribution in [1.29, 1.82) is 0 Å². The van der Waals surface area contributed by atoms with Crippen molar-refractivity contribution >= 4 is 22.4 Å². The molecule has 1 aromatic heterocycles. The summed E-state index contributed by atoms with van der Waals surface area (Å²) in [5.41, 5.74) is 2.10. The Morgan fingerprint density at radius 2 is 1.77 bits per heavy atom. The fourth-order valence-electron chi connectivity index (χ4n) is 3.70. The van der Waals surface area contributed by atoms with Gasteiger partial charge in [0.15, 0.2) is 0 Å². The Balaban J connectivity index is 1.43. The monoisotopic (exact) mass is 428 g/mol. The molecular weight excluding hydrogens is 403 g/mol. The van der Waals surface area contributed by atoms with Crippen LogP contribution in [0.1, 0.15) is 18.3 Å². The third-order valence-corrected chi connectivity index (χ3v) is 6.11. The van der Waals surface area contributed by atoms with Gasteiger partial charge in [-0.3, -0.25) is 0 Å². The van der Waals surface area contributed by atoms with Gasteiger partial charge in [-0.2, -0.15) is 4.37 Å². The average Bonchev–Trinajstić information content (AvgIpc) is 3.23. The highest BCUT2D eigenvalue weighted by Crippen LogP contribution is 2.31. The second-order valence-electron chi connectivity index (χ2n) is 7.36. The number of benzene rings is 2. The van der Waals surface area contributed by atoms with E-state index in [0.29, 0.717) is 12.5 Å². The lowest BCUT2D eigenvalue weighted by Gasteiger charge is -2.41. The van der Waals surface area contributed by atoms with Crippen molar-refractivity contribution < 1.29 is 13.9 Å². The molecular formula is C22H25FN4O2S. The molecule has 0 amide bonds. The van der Waals surface area contributed by atoms with Gasteiger partial charge in [0.05, 0.1) is 14.2 Å².